The van der Waals surface area contributed by atoms with Gasteiger partial charge in [-0.05, 0) is 24.3 Å². The first-order chi connectivity index (χ1) is 9.15. The molecule has 19 heavy (non-hydrogen) atoms. The number of imidazole rings is 1. The van der Waals surface area contributed by atoms with Crippen molar-refractivity contribution in [3.8, 4) is 11.3 Å². The minimum absolute atomic E-state index is 0.237. The molecule has 0 amide bonds. The van der Waals surface area contributed by atoms with Gasteiger partial charge in [-0.2, -0.15) is 0 Å². The van der Waals surface area contributed by atoms with E-state index in [1.807, 2.05) is 18.2 Å². The molecule has 3 rings (SSSR count). The quantitative estimate of drug-likeness (QED) is 0.728. The van der Waals surface area contributed by atoms with Crippen LogP contribution in [-0.2, 0) is 0 Å². The second kappa shape index (κ2) is 4.40. The number of benzene rings is 1. The lowest BCUT2D eigenvalue weighted by atomic mass is 10.1. The molecule has 0 aliphatic carbocycles. The minimum Gasteiger partial charge on any atom is -0.478 e. The van der Waals surface area contributed by atoms with Gasteiger partial charge in [0.25, 0.3) is 0 Å². The summed E-state index contributed by atoms with van der Waals surface area (Å²) < 4.78 is 1.75. The van der Waals surface area contributed by atoms with E-state index in [1.54, 1.807) is 34.9 Å². The van der Waals surface area contributed by atoms with E-state index in [0.717, 1.165) is 11.2 Å². The van der Waals surface area contributed by atoms with E-state index >= 15 is 0 Å². The number of nitrogens with zero attached hydrogens (tertiary/aromatic N) is 2. The third-order valence-corrected chi connectivity index (χ3v) is 3.16. The molecule has 0 saturated carbocycles. The summed E-state index contributed by atoms with van der Waals surface area (Å²) in [5.74, 6) is -0.955. The lowest BCUT2D eigenvalue weighted by Crippen LogP contribution is -1.95. The number of aromatic carboxylic acids is 1. The number of carboxylic acids is 1. The largest absolute Gasteiger partial charge is 0.478 e. The van der Waals surface area contributed by atoms with Crippen LogP contribution in [0.15, 0.2) is 48.7 Å². The Morgan fingerprint density at radius 2 is 2.00 bits per heavy atom. The zero-order valence-corrected chi connectivity index (χ0v) is 10.5. The van der Waals surface area contributed by atoms with Crippen molar-refractivity contribution in [3.05, 3.63) is 59.4 Å². The van der Waals surface area contributed by atoms with Gasteiger partial charge in [0.2, 0.25) is 0 Å². The van der Waals surface area contributed by atoms with E-state index < -0.39 is 5.97 Å². The molecule has 4 nitrogen and oxygen atoms in total. The molecular weight excluding hydrogens is 264 g/mol. The molecule has 3 aromatic rings. The van der Waals surface area contributed by atoms with Crippen LogP contribution in [0.25, 0.3) is 16.9 Å². The van der Waals surface area contributed by atoms with Crippen molar-refractivity contribution in [3.63, 3.8) is 0 Å². The summed E-state index contributed by atoms with van der Waals surface area (Å²) in [6.45, 7) is 0. The molecule has 0 unspecified atom stereocenters. The van der Waals surface area contributed by atoms with Gasteiger partial charge >= 0.3 is 5.97 Å². The lowest BCUT2D eigenvalue weighted by molar-refractivity contribution is 0.0697. The Balaban J connectivity index is 2.16. The molecule has 0 aliphatic rings. The molecule has 0 bridgehead atoms. The van der Waals surface area contributed by atoms with Crippen molar-refractivity contribution in [2.24, 2.45) is 0 Å². The van der Waals surface area contributed by atoms with Gasteiger partial charge in [-0.3, -0.25) is 4.40 Å². The summed E-state index contributed by atoms with van der Waals surface area (Å²) in [5.41, 5.74) is 2.40. The van der Waals surface area contributed by atoms with Gasteiger partial charge < -0.3 is 5.11 Å². The maximum atomic E-state index is 11.0. The van der Waals surface area contributed by atoms with E-state index in [0.29, 0.717) is 10.8 Å². The Kier molecular flexibility index (Phi) is 2.72. The molecular formula is C14H9ClN2O2. The van der Waals surface area contributed by atoms with E-state index in [-0.39, 0.29) is 5.56 Å². The van der Waals surface area contributed by atoms with Crippen molar-refractivity contribution < 1.29 is 9.90 Å². The first kappa shape index (κ1) is 11.7. The summed E-state index contributed by atoms with van der Waals surface area (Å²) in [4.78, 5) is 15.4. The number of hydrogen-bond donors (Lipinski definition) is 1. The first-order valence-corrected chi connectivity index (χ1v) is 6.00. The SMILES string of the molecule is O=C(O)c1cccc(-c2cn3c(Cl)cccc3n2)c1. The van der Waals surface area contributed by atoms with Crippen molar-refractivity contribution in [1.82, 2.24) is 9.38 Å². The summed E-state index contributed by atoms with van der Waals surface area (Å²) in [5, 5.41) is 9.55. The van der Waals surface area contributed by atoms with Gasteiger partial charge in [-0.15, -0.1) is 0 Å². The molecule has 2 aromatic heterocycles. The molecule has 0 spiro atoms. The Labute approximate surface area is 113 Å². The second-order valence-corrected chi connectivity index (χ2v) is 4.48. The maximum absolute atomic E-state index is 11.0. The van der Waals surface area contributed by atoms with Crippen molar-refractivity contribution in [1.29, 1.82) is 0 Å². The molecule has 1 N–H and O–H groups in total. The Hall–Kier alpha value is -2.33. The highest BCUT2D eigenvalue weighted by molar-refractivity contribution is 6.29. The Morgan fingerprint density at radius 3 is 2.74 bits per heavy atom. The van der Waals surface area contributed by atoms with Crippen LogP contribution in [-0.4, -0.2) is 20.5 Å². The summed E-state index contributed by atoms with van der Waals surface area (Å²) in [6.07, 6.45) is 1.79. The topological polar surface area (TPSA) is 54.6 Å². The number of rotatable bonds is 2. The second-order valence-electron chi connectivity index (χ2n) is 4.09. The van der Waals surface area contributed by atoms with Crippen LogP contribution in [0.3, 0.4) is 0 Å². The van der Waals surface area contributed by atoms with Crippen LogP contribution in [0.2, 0.25) is 5.15 Å². The first-order valence-electron chi connectivity index (χ1n) is 5.62. The predicted molar refractivity (Wildman–Crippen MR) is 72.6 cm³/mol. The predicted octanol–water partition coefficient (Wildman–Crippen LogP) is 3.35. The van der Waals surface area contributed by atoms with Gasteiger partial charge in [-0.1, -0.05) is 29.8 Å². The average molecular weight is 273 g/mol. The monoisotopic (exact) mass is 272 g/mol. The number of halogens is 1. The molecule has 0 aliphatic heterocycles. The van der Waals surface area contributed by atoms with Gasteiger partial charge in [0.1, 0.15) is 10.8 Å². The average Bonchev–Trinajstić information content (AvgIpc) is 2.84. The standard InChI is InChI=1S/C14H9ClN2O2/c15-12-5-2-6-13-16-11(8-17(12)13)9-3-1-4-10(7-9)14(18)19/h1-8H,(H,18,19). The Bertz CT molecular complexity index is 780. The van der Waals surface area contributed by atoms with Gasteiger partial charge in [0, 0.05) is 11.8 Å². The smallest absolute Gasteiger partial charge is 0.335 e. The molecule has 1 aromatic carbocycles. The van der Waals surface area contributed by atoms with Crippen molar-refractivity contribution >= 4 is 23.2 Å². The molecule has 0 radical (unpaired) electrons. The fourth-order valence-corrected chi connectivity index (χ4v) is 2.14. The molecule has 5 heteroatoms. The van der Waals surface area contributed by atoms with Crippen LogP contribution in [0, 0.1) is 0 Å². The van der Waals surface area contributed by atoms with Crippen LogP contribution in [0.4, 0.5) is 0 Å². The summed E-state index contributed by atoms with van der Waals surface area (Å²) >= 11 is 6.07. The van der Waals surface area contributed by atoms with Crippen LogP contribution in [0.1, 0.15) is 10.4 Å². The maximum Gasteiger partial charge on any atom is 0.335 e. The molecule has 0 fully saturated rings. The van der Waals surface area contributed by atoms with E-state index in [4.69, 9.17) is 16.7 Å². The third kappa shape index (κ3) is 2.06. The normalized spacial score (nSPS) is 10.8. The summed E-state index contributed by atoms with van der Waals surface area (Å²) in [6, 6.07) is 12.1. The zero-order chi connectivity index (χ0) is 13.4. The van der Waals surface area contributed by atoms with Gasteiger partial charge in [0.15, 0.2) is 0 Å². The van der Waals surface area contributed by atoms with Crippen LogP contribution < -0.4 is 0 Å². The number of hydrogen-bond acceptors (Lipinski definition) is 2. The highest BCUT2D eigenvalue weighted by atomic mass is 35.5. The van der Waals surface area contributed by atoms with Gasteiger partial charge in [-0.25, -0.2) is 9.78 Å². The molecule has 0 atom stereocenters. The van der Waals surface area contributed by atoms with E-state index in [2.05, 4.69) is 4.98 Å². The fraction of sp³-hybridized carbons (Fsp3) is 0. The number of pyridine rings is 1. The van der Waals surface area contributed by atoms with E-state index in [9.17, 15) is 4.79 Å². The summed E-state index contributed by atoms with van der Waals surface area (Å²) in [7, 11) is 0. The van der Waals surface area contributed by atoms with Crippen molar-refractivity contribution in [2.75, 3.05) is 0 Å². The zero-order valence-electron chi connectivity index (χ0n) is 9.75. The number of carboxylic acid groups (broad SMARTS) is 1. The highest BCUT2D eigenvalue weighted by Gasteiger charge is 2.09. The minimum atomic E-state index is -0.955. The lowest BCUT2D eigenvalue weighted by Gasteiger charge is -1.98. The fourth-order valence-electron chi connectivity index (χ4n) is 1.93. The number of fused-ring (bicyclic) bond motifs is 1. The van der Waals surface area contributed by atoms with Crippen molar-refractivity contribution in [2.45, 2.75) is 0 Å². The molecule has 94 valence electrons. The highest BCUT2D eigenvalue weighted by Crippen LogP contribution is 2.22. The van der Waals surface area contributed by atoms with Gasteiger partial charge in [0.05, 0.1) is 11.3 Å². The Morgan fingerprint density at radius 1 is 1.21 bits per heavy atom. The third-order valence-electron chi connectivity index (χ3n) is 2.85. The number of carbonyl (C=O) groups is 1. The number of aromatic nitrogens is 2. The molecule has 2 heterocycles. The molecule has 0 saturated heterocycles. The van der Waals surface area contributed by atoms with E-state index in [1.165, 1.54) is 0 Å². The van der Waals surface area contributed by atoms with Crippen LogP contribution >= 0.6 is 11.6 Å². The van der Waals surface area contributed by atoms with Crippen LogP contribution in [0.5, 0.6) is 0 Å².